The number of nitrogens with two attached hydrogens (primary N) is 1. The van der Waals surface area contributed by atoms with E-state index in [0.717, 1.165) is 25.3 Å². The minimum atomic E-state index is -0.679. The van der Waals surface area contributed by atoms with Crippen molar-refractivity contribution in [3.05, 3.63) is 34.7 Å². The third-order valence-electron chi connectivity index (χ3n) is 7.84. The topological polar surface area (TPSA) is 155 Å². The Labute approximate surface area is 224 Å². The number of aliphatic hydroxyl groups excluding tert-OH is 1. The molecule has 0 spiro atoms. The van der Waals surface area contributed by atoms with Crippen molar-refractivity contribution in [2.24, 2.45) is 11.1 Å². The van der Waals surface area contributed by atoms with Gasteiger partial charge in [0.1, 0.15) is 11.3 Å². The molecule has 2 aliphatic carbocycles. The van der Waals surface area contributed by atoms with Crippen LogP contribution < -0.4 is 16.4 Å². The van der Waals surface area contributed by atoms with Gasteiger partial charge in [0, 0.05) is 17.5 Å². The Kier molecular flexibility index (Phi) is 7.11. The smallest absolute Gasteiger partial charge is 0.224 e. The molecule has 0 radical (unpaired) electrons. The van der Waals surface area contributed by atoms with E-state index in [1.54, 1.807) is 6.20 Å². The lowest BCUT2D eigenvalue weighted by molar-refractivity contribution is -0.128. The van der Waals surface area contributed by atoms with Gasteiger partial charge in [-0.2, -0.15) is 10.2 Å². The van der Waals surface area contributed by atoms with Gasteiger partial charge in [-0.25, -0.2) is 14.4 Å². The van der Waals surface area contributed by atoms with Gasteiger partial charge in [0.15, 0.2) is 5.65 Å². The van der Waals surface area contributed by atoms with Gasteiger partial charge in [0.2, 0.25) is 17.8 Å². The fourth-order valence-corrected chi connectivity index (χ4v) is 5.74. The van der Waals surface area contributed by atoms with Gasteiger partial charge in [-0.3, -0.25) is 9.36 Å². The first-order chi connectivity index (χ1) is 18.2. The maximum Gasteiger partial charge on any atom is 0.224 e. The number of anilines is 3. The summed E-state index contributed by atoms with van der Waals surface area (Å²) >= 11 is 6.32. The second kappa shape index (κ2) is 10.3. The first-order valence-electron chi connectivity index (χ1n) is 12.8. The molecule has 0 bridgehead atoms. The van der Waals surface area contributed by atoms with Crippen LogP contribution in [0.25, 0.3) is 11.2 Å². The number of aromatic nitrogens is 4. The highest BCUT2D eigenvalue weighted by molar-refractivity contribution is 6.33. The Morgan fingerprint density at radius 1 is 1.29 bits per heavy atom. The number of nitrogens with one attached hydrogen (secondary N) is 2. The number of nitriles is 1. The Hall–Kier alpha value is -3.49. The minimum Gasteiger partial charge on any atom is -0.393 e. The van der Waals surface area contributed by atoms with Crippen LogP contribution in [0.15, 0.2) is 18.3 Å². The van der Waals surface area contributed by atoms with Crippen molar-refractivity contribution in [1.29, 1.82) is 5.26 Å². The Bertz CT molecular complexity index is 1390. The third-order valence-corrected chi connectivity index (χ3v) is 8.14. The zero-order chi connectivity index (χ0) is 27.0. The Morgan fingerprint density at radius 3 is 2.71 bits per heavy atom. The highest BCUT2D eigenvalue weighted by atomic mass is 35.5. The van der Waals surface area contributed by atoms with E-state index in [1.165, 1.54) is 6.07 Å². The number of hydrogen-bond acceptors (Lipinski definition) is 8. The lowest BCUT2D eigenvalue weighted by Crippen LogP contribution is -2.38. The molecule has 0 saturated heterocycles. The summed E-state index contributed by atoms with van der Waals surface area (Å²) in [5.41, 5.74) is 6.25. The summed E-state index contributed by atoms with van der Waals surface area (Å²) in [4.78, 5) is 25.9. The van der Waals surface area contributed by atoms with E-state index < -0.39 is 11.2 Å². The Morgan fingerprint density at radius 2 is 2.05 bits per heavy atom. The van der Waals surface area contributed by atoms with Crippen LogP contribution in [-0.2, 0) is 4.79 Å². The number of carbonyl (C=O) groups excluding carboxylic acids is 1. The predicted molar refractivity (Wildman–Crippen MR) is 141 cm³/mol. The fraction of sp³-hybridized carbons (Fsp3) is 0.500. The zero-order valence-electron chi connectivity index (χ0n) is 21.0. The summed E-state index contributed by atoms with van der Waals surface area (Å²) in [6, 6.07) is 4.36. The van der Waals surface area contributed by atoms with Crippen LogP contribution in [0.5, 0.6) is 0 Å². The predicted octanol–water partition coefficient (Wildman–Crippen LogP) is 4.56. The average molecular weight is 541 g/mol. The van der Waals surface area contributed by atoms with E-state index in [-0.39, 0.29) is 40.4 Å². The average Bonchev–Trinajstić information content (AvgIpc) is 3.23. The molecule has 10 nitrogen and oxygen atoms in total. The van der Waals surface area contributed by atoms with Crippen molar-refractivity contribution < 1.29 is 14.3 Å². The van der Waals surface area contributed by atoms with Crippen LogP contribution in [0, 0.1) is 22.6 Å². The molecule has 2 saturated carbocycles. The first-order valence-corrected chi connectivity index (χ1v) is 13.2. The van der Waals surface area contributed by atoms with Crippen LogP contribution in [0.4, 0.5) is 22.0 Å². The molecule has 200 valence electrons. The molecule has 1 aromatic carbocycles. The monoisotopic (exact) mass is 540 g/mol. The summed E-state index contributed by atoms with van der Waals surface area (Å²) in [5, 5.41) is 25.6. The zero-order valence-corrected chi connectivity index (χ0v) is 21.8. The van der Waals surface area contributed by atoms with E-state index in [1.807, 2.05) is 17.6 Å². The summed E-state index contributed by atoms with van der Waals surface area (Å²) in [5.74, 6) is -0.246. The van der Waals surface area contributed by atoms with Crippen molar-refractivity contribution in [2.45, 2.75) is 76.5 Å². The van der Waals surface area contributed by atoms with Gasteiger partial charge in [-0.15, -0.1) is 0 Å². The van der Waals surface area contributed by atoms with Gasteiger partial charge in [0.05, 0.1) is 34.6 Å². The number of rotatable bonds is 6. The number of benzene rings is 1. The third kappa shape index (κ3) is 5.11. The summed E-state index contributed by atoms with van der Waals surface area (Å²) in [7, 11) is 0. The fourth-order valence-electron chi connectivity index (χ4n) is 5.49. The largest absolute Gasteiger partial charge is 0.393 e. The molecule has 1 amide bonds. The summed E-state index contributed by atoms with van der Waals surface area (Å²) < 4.78 is 16.8. The van der Waals surface area contributed by atoms with E-state index in [4.69, 9.17) is 27.6 Å². The van der Waals surface area contributed by atoms with E-state index >= 15 is 0 Å². The van der Waals surface area contributed by atoms with Crippen molar-refractivity contribution >= 4 is 46.3 Å². The molecular weight excluding hydrogens is 511 g/mol. The van der Waals surface area contributed by atoms with Gasteiger partial charge in [-0.1, -0.05) is 18.5 Å². The number of fused-ring (bicyclic) bond motifs is 1. The molecule has 12 heteroatoms. The lowest BCUT2D eigenvalue weighted by atomic mass is 9.73. The molecular formula is C26H30ClFN8O2. The molecule has 38 heavy (non-hydrogen) atoms. The quantitative estimate of drug-likeness (QED) is 0.355. The molecule has 3 aromatic rings. The number of imidazole rings is 1. The maximum absolute atomic E-state index is 14.9. The maximum atomic E-state index is 14.9. The van der Waals surface area contributed by atoms with E-state index in [0.29, 0.717) is 55.2 Å². The molecule has 2 fully saturated rings. The standard InChI is InChI=1S/C26H30ClFN8O2/c1-26(23(30)38)7-5-16(6-8-26)36-22-20(13-31-24(35-22)32-15-3-2-4-17(37)11-15)33-25(36)34-21-18(27)9-14(12-29)10-19(21)28/h9-10,13,15-17,37H,2-8,11H2,1H3,(H2,30,38)(H,33,34)(H,31,32,35)/t15-,16?,17-,26?/m1/s1. The van der Waals surface area contributed by atoms with Crippen LogP contribution >= 0.6 is 11.6 Å². The lowest BCUT2D eigenvalue weighted by Gasteiger charge is -2.35. The number of carbonyl (C=O) groups is 1. The minimum absolute atomic E-state index is 0.00232. The van der Waals surface area contributed by atoms with Crippen molar-refractivity contribution in [2.75, 3.05) is 10.6 Å². The van der Waals surface area contributed by atoms with E-state index in [9.17, 15) is 14.3 Å². The number of aliphatic hydroxyl groups is 1. The van der Waals surface area contributed by atoms with Crippen LogP contribution in [0.3, 0.4) is 0 Å². The second-order valence-corrected chi connectivity index (χ2v) is 11.0. The van der Waals surface area contributed by atoms with Crippen LogP contribution in [-0.4, -0.2) is 42.7 Å². The van der Waals surface area contributed by atoms with Crippen LogP contribution in [0.1, 0.15) is 69.9 Å². The SMILES string of the molecule is CC1(C(N)=O)CCC(n2c(Nc3c(F)cc(C#N)cc3Cl)nc3cnc(N[C@@H]4CCC[C@@H](O)C4)nc32)CC1. The molecule has 5 rings (SSSR count). The number of amides is 1. The Balaban J connectivity index is 1.53. The van der Waals surface area contributed by atoms with Crippen LogP contribution in [0.2, 0.25) is 5.02 Å². The van der Waals surface area contributed by atoms with Gasteiger partial charge < -0.3 is 21.5 Å². The molecule has 2 aromatic heterocycles. The second-order valence-electron chi connectivity index (χ2n) is 10.6. The number of halogens is 2. The number of hydrogen-bond donors (Lipinski definition) is 4. The normalized spacial score (nSPS) is 25.6. The summed E-state index contributed by atoms with van der Waals surface area (Å²) in [6.45, 7) is 1.88. The molecule has 2 atom stereocenters. The highest BCUT2D eigenvalue weighted by Crippen LogP contribution is 2.43. The van der Waals surface area contributed by atoms with Gasteiger partial charge >= 0.3 is 0 Å². The molecule has 0 aliphatic heterocycles. The molecule has 5 N–H and O–H groups in total. The molecule has 0 unspecified atom stereocenters. The molecule has 2 aliphatic rings. The number of nitrogens with zero attached hydrogens (tertiary/aromatic N) is 5. The summed E-state index contributed by atoms with van der Waals surface area (Å²) in [6.07, 6.45) is 6.98. The van der Waals surface area contributed by atoms with Crippen molar-refractivity contribution in [3.8, 4) is 6.07 Å². The number of primary amides is 1. The first kappa shape index (κ1) is 26.1. The highest BCUT2D eigenvalue weighted by Gasteiger charge is 2.38. The van der Waals surface area contributed by atoms with Gasteiger partial charge in [0.25, 0.3) is 0 Å². The van der Waals surface area contributed by atoms with E-state index in [2.05, 4.69) is 20.6 Å². The van der Waals surface area contributed by atoms with Gasteiger partial charge in [-0.05, 0) is 63.5 Å². The van der Waals surface area contributed by atoms with Crippen molar-refractivity contribution in [1.82, 2.24) is 19.5 Å². The van der Waals surface area contributed by atoms with Crippen molar-refractivity contribution in [3.63, 3.8) is 0 Å². The molecule has 2 heterocycles.